The average Bonchev–Trinajstić information content (AvgIpc) is 3.26. The first-order chi connectivity index (χ1) is 16.7. The number of aromatic nitrogens is 2. The fourth-order valence-electron chi connectivity index (χ4n) is 3.72. The van der Waals surface area contributed by atoms with Gasteiger partial charge in [-0.25, -0.2) is 16.8 Å². The molecule has 0 aliphatic heterocycles. The van der Waals surface area contributed by atoms with Crippen LogP contribution in [0.2, 0.25) is 0 Å². The van der Waals surface area contributed by atoms with Crippen LogP contribution in [0.4, 0.5) is 0 Å². The summed E-state index contributed by atoms with van der Waals surface area (Å²) >= 11 is 0. The topological polar surface area (TPSA) is 128 Å². The summed E-state index contributed by atoms with van der Waals surface area (Å²) in [5.41, 5.74) is 0.938. The lowest BCUT2D eigenvalue weighted by atomic mass is 9.99. The van der Waals surface area contributed by atoms with Crippen LogP contribution in [0.3, 0.4) is 0 Å². The third-order valence-corrected chi connectivity index (χ3v) is 8.51. The van der Waals surface area contributed by atoms with Gasteiger partial charge < -0.3 is 4.74 Å². The molecule has 0 radical (unpaired) electrons. The molecule has 1 aliphatic carbocycles. The normalized spacial score (nSPS) is 15.7. The Labute approximate surface area is 203 Å². The molecule has 10 nitrogen and oxygen atoms in total. The van der Waals surface area contributed by atoms with E-state index in [1.807, 2.05) is 0 Å². The van der Waals surface area contributed by atoms with E-state index in [1.165, 1.54) is 35.1 Å². The Morgan fingerprint density at radius 3 is 2.31 bits per heavy atom. The van der Waals surface area contributed by atoms with E-state index < -0.39 is 32.1 Å². The summed E-state index contributed by atoms with van der Waals surface area (Å²) in [5.74, 6) is -0.493. The number of hydrazine groups is 1. The number of carbonyl (C=O) groups excluding carboxylic acids is 1. The van der Waals surface area contributed by atoms with E-state index in [4.69, 9.17) is 4.74 Å². The van der Waals surface area contributed by atoms with Gasteiger partial charge in [0.15, 0.2) is 0 Å². The third kappa shape index (κ3) is 5.20. The Balaban J connectivity index is 1.78. The van der Waals surface area contributed by atoms with Crippen LogP contribution < -0.4 is 4.83 Å². The summed E-state index contributed by atoms with van der Waals surface area (Å²) < 4.78 is 60.9. The van der Waals surface area contributed by atoms with E-state index >= 15 is 0 Å². The number of nitrogens with one attached hydrogen (secondary N) is 1. The SMILES string of the molecule is CCOC(=O)Cn1ncc2c1C=CCC2N(NS(=O)(=O)c1ccccc1)S(=O)(=O)c1ccccc1. The summed E-state index contributed by atoms with van der Waals surface area (Å²) in [5, 5.41) is 4.23. The number of nitrogens with zero attached hydrogens (tertiary/aromatic N) is 3. The van der Waals surface area contributed by atoms with E-state index in [-0.39, 0.29) is 29.4 Å². The molecule has 4 rings (SSSR count). The molecular weight excluding hydrogens is 492 g/mol. The minimum absolute atomic E-state index is 0.0780. The lowest BCUT2D eigenvalue weighted by Gasteiger charge is -2.31. The second-order valence-corrected chi connectivity index (χ2v) is 11.1. The van der Waals surface area contributed by atoms with Crippen molar-refractivity contribution in [3.63, 3.8) is 0 Å². The van der Waals surface area contributed by atoms with Gasteiger partial charge in [-0.05, 0) is 43.7 Å². The first-order valence-corrected chi connectivity index (χ1v) is 13.7. The molecule has 184 valence electrons. The van der Waals surface area contributed by atoms with Crippen molar-refractivity contribution in [1.29, 1.82) is 0 Å². The largest absolute Gasteiger partial charge is 0.465 e. The summed E-state index contributed by atoms with van der Waals surface area (Å²) in [4.78, 5) is 14.1. The maximum atomic E-state index is 13.7. The Kier molecular flexibility index (Phi) is 7.17. The summed E-state index contributed by atoms with van der Waals surface area (Å²) in [6, 6.07) is 14.1. The molecule has 0 fully saturated rings. The maximum absolute atomic E-state index is 13.7. The van der Waals surface area contributed by atoms with E-state index in [1.54, 1.807) is 55.5 Å². The highest BCUT2D eigenvalue weighted by Gasteiger charge is 2.38. The molecule has 0 amide bonds. The van der Waals surface area contributed by atoms with E-state index in [2.05, 4.69) is 9.93 Å². The summed E-state index contributed by atoms with van der Waals surface area (Å²) in [6.07, 6.45) is 5.05. The highest BCUT2D eigenvalue weighted by Crippen LogP contribution is 2.35. The molecule has 0 spiro atoms. The van der Waals surface area contributed by atoms with Crippen LogP contribution in [0.5, 0.6) is 0 Å². The van der Waals surface area contributed by atoms with Crippen LogP contribution in [-0.4, -0.2) is 43.6 Å². The van der Waals surface area contributed by atoms with Gasteiger partial charge in [0.05, 0.1) is 34.3 Å². The number of hydrogen-bond donors (Lipinski definition) is 1. The number of benzene rings is 2. The van der Waals surface area contributed by atoms with Crippen LogP contribution in [0, 0.1) is 0 Å². The van der Waals surface area contributed by atoms with E-state index in [9.17, 15) is 21.6 Å². The highest BCUT2D eigenvalue weighted by molar-refractivity contribution is 7.92. The first kappa shape index (κ1) is 24.8. The van der Waals surface area contributed by atoms with Gasteiger partial charge in [0.25, 0.3) is 20.0 Å². The molecular formula is C23H24N4O6S2. The third-order valence-electron chi connectivity index (χ3n) is 5.34. The van der Waals surface area contributed by atoms with Gasteiger partial charge in [-0.15, -0.1) is 9.25 Å². The van der Waals surface area contributed by atoms with Crippen LogP contribution in [0.1, 0.15) is 30.6 Å². The molecule has 35 heavy (non-hydrogen) atoms. The summed E-state index contributed by atoms with van der Waals surface area (Å²) in [6.45, 7) is 1.74. The van der Waals surface area contributed by atoms with Crippen LogP contribution in [0.25, 0.3) is 6.08 Å². The van der Waals surface area contributed by atoms with E-state index in [0.29, 0.717) is 11.3 Å². The number of ether oxygens (including phenoxy) is 1. The van der Waals surface area contributed by atoms with Crippen molar-refractivity contribution in [2.24, 2.45) is 0 Å². The zero-order valence-corrected chi connectivity index (χ0v) is 20.4. The van der Waals surface area contributed by atoms with Crippen LogP contribution in [-0.2, 0) is 36.1 Å². The number of rotatable bonds is 9. The minimum atomic E-state index is -4.33. The minimum Gasteiger partial charge on any atom is -0.465 e. The standard InChI is InChI=1S/C23H24N4O6S2/c1-2-33-23(28)17-26-21-14-9-15-22(20(21)16-24-26)27(35(31,32)19-12-7-4-8-13-19)25-34(29,30)18-10-5-3-6-11-18/h3-14,16,22,25H,2,15,17H2,1H3. The number of carbonyl (C=O) groups is 1. The van der Waals surface area contributed by atoms with Crippen molar-refractivity contribution in [1.82, 2.24) is 19.0 Å². The van der Waals surface area contributed by atoms with Crippen molar-refractivity contribution in [2.45, 2.75) is 35.7 Å². The molecule has 12 heteroatoms. The Morgan fingerprint density at radius 1 is 1.06 bits per heavy atom. The lowest BCUT2D eigenvalue weighted by molar-refractivity contribution is -0.144. The predicted octanol–water partition coefficient (Wildman–Crippen LogP) is 2.49. The second-order valence-electron chi connectivity index (χ2n) is 7.62. The maximum Gasteiger partial charge on any atom is 0.327 e. The van der Waals surface area contributed by atoms with Gasteiger partial charge in [-0.3, -0.25) is 9.48 Å². The van der Waals surface area contributed by atoms with Gasteiger partial charge in [0, 0.05) is 5.56 Å². The van der Waals surface area contributed by atoms with Gasteiger partial charge in [0.2, 0.25) is 0 Å². The molecule has 0 saturated heterocycles. The van der Waals surface area contributed by atoms with Gasteiger partial charge in [-0.1, -0.05) is 42.5 Å². The molecule has 0 bridgehead atoms. The summed E-state index contributed by atoms with van der Waals surface area (Å²) in [7, 11) is -8.58. The fraction of sp³-hybridized carbons (Fsp3) is 0.217. The molecule has 1 aliphatic rings. The predicted molar refractivity (Wildman–Crippen MR) is 127 cm³/mol. The van der Waals surface area contributed by atoms with E-state index in [0.717, 1.165) is 4.41 Å². The zero-order chi connectivity index (χ0) is 25.1. The van der Waals surface area contributed by atoms with Crippen molar-refractivity contribution >= 4 is 32.1 Å². The van der Waals surface area contributed by atoms with Crippen molar-refractivity contribution in [3.05, 3.63) is 84.2 Å². The smallest absolute Gasteiger partial charge is 0.327 e. The van der Waals surface area contributed by atoms with Crippen LogP contribution in [0.15, 0.2) is 82.7 Å². The van der Waals surface area contributed by atoms with Crippen molar-refractivity contribution in [3.8, 4) is 0 Å². The number of sulfonamides is 2. The monoisotopic (exact) mass is 516 g/mol. The number of esters is 1. The zero-order valence-electron chi connectivity index (χ0n) is 18.8. The Morgan fingerprint density at radius 2 is 1.69 bits per heavy atom. The number of hydrogen-bond acceptors (Lipinski definition) is 7. The molecule has 1 N–H and O–H groups in total. The average molecular weight is 517 g/mol. The van der Waals surface area contributed by atoms with Gasteiger partial charge in [0.1, 0.15) is 6.54 Å². The highest BCUT2D eigenvalue weighted by atomic mass is 32.2. The molecule has 1 heterocycles. The molecule has 0 saturated carbocycles. The first-order valence-electron chi connectivity index (χ1n) is 10.8. The van der Waals surface area contributed by atoms with Crippen molar-refractivity contribution in [2.75, 3.05) is 6.61 Å². The van der Waals surface area contributed by atoms with Gasteiger partial charge >= 0.3 is 5.97 Å². The van der Waals surface area contributed by atoms with Crippen LogP contribution >= 0.6 is 0 Å². The molecule has 2 aromatic carbocycles. The number of fused-ring (bicyclic) bond motifs is 1. The second kappa shape index (κ2) is 10.1. The van der Waals surface area contributed by atoms with Gasteiger partial charge in [-0.2, -0.15) is 5.10 Å². The molecule has 1 aromatic heterocycles. The molecule has 1 unspecified atom stereocenters. The lowest BCUT2D eigenvalue weighted by Crippen LogP contribution is -2.48. The molecule has 3 aromatic rings. The fourth-order valence-corrected chi connectivity index (χ4v) is 6.65. The Hall–Kier alpha value is -3.32. The molecule has 1 atom stereocenters. The Bertz CT molecular complexity index is 1440. The quantitative estimate of drug-likeness (QED) is 0.342. The van der Waals surface area contributed by atoms with Crippen molar-refractivity contribution < 1.29 is 26.4 Å².